The number of nitrogens with one attached hydrogen (secondary N) is 1. The molecule has 0 aliphatic rings. The maximum Gasteiger partial charge on any atom is 0.267 e. The quantitative estimate of drug-likeness (QED) is 0.743. The highest BCUT2D eigenvalue weighted by atomic mass is 35.5. The summed E-state index contributed by atoms with van der Waals surface area (Å²) in [5, 5.41) is 5.20. The highest BCUT2D eigenvalue weighted by Gasteiger charge is 2.14. The fourth-order valence-corrected chi connectivity index (χ4v) is 2.95. The average Bonchev–Trinajstić information content (AvgIpc) is 2.88. The van der Waals surface area contributed by atoms with Crippen molar-refractivity contribution < 1.29 is 4.79 Å². The van der Waals surface area contributed by atoms with Crippen LogP contribution in [-0.2, 0) is 13.5 Å². The number of carbonyl (C=O) groups is 1. The zero-order valence-corrected chi connectivity index (χ0v) is 14.2. The van der Waals surface area contributed by atoms with Gasteiger partial charge in [0.1, 0.15) is 5.69 Å². The maximum absolute atomic E-state index is 12.4. The monoisotopic (exact) mass is 346 g/mol. The molecule has 0 bridgehead atoms. The van der Waals surface area contributed by atoms with E-state index in [1.54, 1.807) is 0 Å². The summed E-state index contributed by atoms with van der Waals surface area (Å²) in [4.78, 5) is 12.4. The highest BCUT2D eigenvalue weighted by Crippen LogP contribution is 2.26. The predicted molar refractivity (Wildman–Crippen MR) is 95.4 cm³/mol. The van der Waals surface area contributed by atoms with E-state index in [1.165, 1.54) is 0 Å². The Kier molecular flexibility index (Phi) is 4.60. The molecule has 3 rings (SSSR count). The van der Waals surface area contributed by atoms with E-state index in [0.29, 0.717) is 22.3 Å². The Labute approximate surface area is 144 Å². The van der Waals surface area contributed by atoms with Crippen LogP contribution in [0.15, 0.2) is 48.5 Å². The van der Waals surface area contributed by atoms with Gasteiger partial charge in [-0.25, -0.2) is 0 Å². The fraction of sp³-hybridized carbons (Fsp3) is 0.167. The number of hydrogen-bond donors (Lipinski definition) is 1. The Morgan fingerprint density at radius 2 is 1.87 bits per heavy atom. The highest BCUT2D eigenvalue weighted by molar-refractivity contribution is 6.35. The molecule has 0 saturated heterocycles. The molecule has 0 aliphatic carbocycles. The van der Waals surface area contributed by atoms with Gasteiger partial charge in [-0.05, 0) is 42.3 Å². The van der Waals surface area contributed by atoms with E-state index in [-0.39, 0.29) is 5.91 Å². The first kappa shape index (κ1) is 15.9. The van der Waals surface area contributed by atoms with Crippen LogP contribution in [0.3, 0.4) is 0 Å². The number of amides is 1. The molecule has 0 saturated carbocycles. The molecular weight excluding hydrogens is 331 g/mol. The average molecular weight is 347 g/mol. The van der Waals surface area contributed by atoms with Crippen LogP contribution in [0.4, 0.5) is 0 Å². The van der Waals surface area contributed by atoms with E-state index < -0.39 is 0 Å². The Hall–Kier alpha value is -1.97. The normalized spacial score (nSPS) is 10.9. The van der Waals surface area contributed by atoms with Crippen LogP contribution in [0.1, 0.15) is 16.1 Å². The van der Waals surface area contributed by atoms with Crippen LogP contribution in [0.25, 0.3) is 10.9 Å². The number of nitrogens with zero attached hydrogens (tertiary/aromatic N) is 1. The summed E-state index contributed by atoms with van der Waals surface area (Å²) in [6.07, 6.45) is 0.758. The van der Waals surface area contributed by atoms with Crippen LogP contribution < -0.4 is 5.32 Å². The second kappa shape index (κ2) is 6.65. The largest absolute Gasteiger partial charge is 0.350 e. The van der Waals surface area contributed by atoms with E-state index in [1.807, 2.05) is 60.1 Å². The number of rotatable bonds is 4. The summed E-state index contributed by atoms with van der Waals surface area (Å²) in [7, 11) is 1.87. The van der Waals surface area contributed by atoms with Crippen molar-refractivity contribution in [3.05, 3.63) is 69.8 Å². The van der Waals surface area contributed by atoms with Crippen molar-refractivity contribution in [2.45, 2.75) is 6.42 Å². The zero-order chi connectivity index (χ0) is 16.4. The lowest BCUT2D eigenvalue weighted by atomic mass is 10.1. The van der Waals surface area contributed by atoms with E-state index in [0.717, 1.165) is 22.9 Å². The molecule has 2 aromatic carbocycles. The SMILES string of the molecule is Cn1c(C(=O)NCCc2ccc(Cl)cc2)cc2c(Cl)cccc21. The smallest absolute Gasteiger partial charge is 0.267 e. The summed E-state index contributed by atoms with van der Waals surface area (Å²) in [6.45, 7) is 0.565. The van der Waals surface area contributed by atoms with Gasteiger partial charge in [0.15, 0.2) is 0 Å². The van der Waals surface area contributed by atoms with Gasteiger partial charge in [-0.3, -0.25) is 4.79 Å². The molecule has 1 heterocycles. The van der Waals surface area contributed by atoms with Crippen LogP contribution in [0, 0.1) is 0 Å². The van der Waals surface area contributed by atoms with Crippen molar-refractivity contribution in [2.75, 3.05) is 6.54 Å². The Morgan fingerprint density at radius 3 is 2.57 bits per heavy atom. The molecule has 1 aromatic heterocycles. The van der Waals surface area contributed by atoms with Crippen LogP contribution in [0.5, 0.6) is 0 Å². The second-order valence-electron chi connectivity index (χ2n) is 5.39. The van der Waals surface area contributed by atoms with Crippen molar-refractivity contribution in [3.8, 4) is 0 Å². The van der Waals surface area contributed by atoms with Crippen molar-refractivity contribution in [2.24, 2.45) is 7.05 Å². The Balaban J connectivity index is 1.70. The summed E-state index contributed by atoms with van der Waals surface area (Å²) >= 11 is 12.1. The molecule has 1 N–H and O–H groups in total. The third kappa shape index (κ3) is 3.36. The molecule has 1 amide bonds. The molecular formula is C18H16Cl2N2O. The predicted octanol–water partition coefficient (Wildman–Crippen LogP) is 4.46. The molecule has 0 unspecified atom stereocenters. The third-order valence-electron chi connectivity index (χ3n) is 3.88. The first-order valence-electron chi connectivity index (χ1n) is 7.33. The lowest BCUT2D eigenvalue weighted by Crippen LogP contribution is -2.27. The summed E-state index contributed by atoms with van der Waals surface area (Å²) in [5.74, 6) is -0.103. The molecule has 23 heavy (non-hydrogen) atoms. The van der Waals surface area contributed by atoms with Gasteiger partial charge in [-0.2, -0.15) is 0 Å². The number of fused-ring (bicyclic) bond motifs is 1. The first-order chi connectivity index (χ1) is 11.1. The second-order valence-corrected chi connectivity index (χ2v) is 6.24. The van der Waals surface area contributed by atoms with Gasteiger partial charge in [0.2, 0.25) is 0 Å². The lowest BCUT2D eigenvalue weighted by molar-refractivity contribution is 0.0946. The molecule has 0 radical (unpaired) electrons. The minimum atomic E-state index is -0.103. The summed E-state index contributed by atoms with van der Waals surface area (Å²) in [6, 6.07) is 15.1. The van der Waals surface area contributed by atoms with Gasteiger partial charge in [0.25, 0.3) is 5.91 Å². The lowest BCUT2D eigenvalue weighted by Gasteiger charge is -2.07. The van der Waals surface area contributed by atoms with Crippen molar-refractivity contribution in [1.29, 1.82) is 0 Å². The van der Waals surface area contributed by atoms with E-state index in [9.17, 15) is 4.79 Å². The van der Waals surface area contributed by atoms with Crippen molar-refractivity contribution in [3.63, 3.8) is 0 Å². The molecule has 0 fully saturated rings. The Bertz CT molecular complexity index is 853. The molecule has 3 aromatic rings. The maximum atomic E-state index is 12.4. The number of halogens is 2. The molecule has 3 nitrogen and oxygen atoms in total. The van der Waals surface area contributed by atoms with Gasteiger partial charge in [0, 0.05) is 34.5 Å². The van der Waals surface area contributed by atoms with Gasteiger partial charge < -0.3 is 9.88 Å². The number of aromatic nitrogens is 1. The van der Waals surface area contributed by atoms with Gasteiger partial charge in [-0.15, -0.1) is 0 Å². The van der Waals surface area contributed by atoms with Crippen LogP contribution in [0.2, 0.25) is 10.0 Å². The molecule has 0 atom stereocenters. The van der Waals surface area contributed by atoms with Crippen LogP contribution >= 0.6 is 23.2 Å². The fourth-order valence-electron chi connectivity index (χ4n) is 2.60. The topological polar surface area (TPSA) is 34.0 Å². The summed E-state index contributed by atoms with van der Waals surface area (Å²) in [5.41, 5.74) is 2.68. The Morgan fingerprint density at radius 1 is 1.13 bits per heavy atom. The van der Waals surface area contributed by atoms with Gasteiger partial charge >= 0.3 is 0 Å². The zero-order valence-electron chi connectivity index (χ0n) is 12.6. The molecule has 5 heteroatoms. The van der Waals surface area contributed by atoms with Crippen molar-refractivity contribution >= 4 is 40.0 Å². The van der Waals surface area contributed by atoms with Crippen LogP contribution in [-0.4, -0.2) is 17.0 Å². The standard InChI is InChI=1S/C18H16Cl2N2O/c1-22-16-4-2-3-15(20)14(16)11-17(22)18(23)21-10-9-12-5-7-13(19)8-6-12/h2-8,11H,9-10H2,1H3,(H,21,23). The molecule has 0 aliphatic heterocycles. The minimum Gasteiger partial charge on any atom is -0.350 e. The first-order valence-corrected chi connectivity index (χ1v) is 8.08. The minimum absolute atomic E-state index is 0.103. The number of benzene rings is 2. The number of carbonyl (C=O) groups excluding carboxylic acids is 1. The molecule has 118 valence electrons. The number of hydrogen-bond acceptors (Lipinski definition) is 1. The van der Waals surface area contributed by atoms with Crippen molar-refractivity contribution in [1.82, 2.24) is 9.88 Å². The van der Waals surface area contributed by atoms with E-state index >= 15 is 0 Å². The number of aryl methyl sites for hydroxylation is 1. The van der Waals surface area contributed by atoms with E-state index in [4.69, 9.17) is 23.2 Å². The molecule has 0 spiro atoms. The third-order valence-corrected chi connectivity index (χ3v) is 4.46. The summed E-state index contributed by atoms with van der Waals surface area (Å²) < 4.78 is 1.86. The van der Waals surface area contributed by atoms with E-state index in [2.05, 4.69) is 5.32 Å². The van der Waals surface area contributed by atoms with Gasteiger partial charge in [0.05, 0.1) is 0 Å². The van der Waals surface area contributed by atoms with Gasteiger partial charge in [-0.1, -0.05) is 41.4 Å².